The number of rotatable bonds is 12. The molecule has 0 spiro atoms. The van der Waals surface area contributed by atoms with Crippen molar-refractivity contribution in [3.8, 4) is 0 Å². The van der Waals surface area contributed by atoms with Crippen LogP contribution in [-0.4, -0.2) is 29.8 Å². The quantitative estimate of drug-likeness (QED) is 0.359. The van der Waals surface area contributed by atoms with Crippen LogP contribution in [0.15, 0.2) is 0 Å². The fourth-order valence-electron chi connectivity index (χ4n) is 4.39. The molecule has 138 valence electrons. The maximum absolute atomic E-state index is 8.78. The Morgan fingerprint density at radius 1 is 1.12 bits per heavy atom. The minimum Gasteiger partial charge on any atom is -0.309 e. The molecule has 2 N–H and O–H groups in total. The summed E-state index contributed by atoms with van der Waals surface area (Å²) in [7, 11) is 0. The molecule has 1 heterocycles. The van der Waals surface area contributed by atoms with E-state index in [2.05, 4.69) is 24.0 Å². The van der Waals surface area contributed by atoms with Gasteiger partial charge in [-0.3, -0.25) is 0 Å². The Bertz CT molecular complexity index is 387. The Morgan fingerprint density at radius 3 is 2.62 bits per heavy atom. The van der Waals surface area contributed by atoms with Crippen LogP contribution in [0.2, 0.25) is 0 Å². The highest BCUT2D eigenvalue weighted by Gasteiger charge is 2.43. The second kappa shape index (κ2) is 9.62. The Hall–Kier alpha value is -0.0200. The van der Waals surface area contributed by atoms with Crippen LogP contribution in [0.5, 0.6) is 0 Å². The van der Waals surface area contributed by atoms with Gasteiger partial charge in [0.05, 0.1) is 0 Å². The summed E-state index contributed by atoms with van der Waals surface area (Å²) in [6, 6.07) is 0.382. The number of unbranched alkanes of at least 4 members (excludes halogenated alkanes) is 2. The zero-order valence-electron chi connectivity index (χ0n) is 15.7. The fourth-order valence-corrected chi connectivity index (χ4v) is 5.60. The van der Waals surface area contributed by atoms with Gasteiger partial charge in [0.15, 0.2) is 0 Å². The van der Waals surface area contributed by atoms with E-state index in [1.165, 1.54) is 82.1 Å². The lowest BCUT2D eigenvalue weighted by atomic mass is 9.93. The van der Waals surface area contributed by atoms with E-state index in [-0.39, 0.29) is 0 Å². The average Bonchev–Trinajstić information content (AvgIpc) is 3.50. The van der Waals surface area contributed by atoms with Crippen molar-refractivity contribution in [2.24, 2.45) is 23.7 Å². The maximum Gasteiger partial charge on any atom is 0.0451 e. The second-order valence-corrected chi connectivity index (χ2v) is 9.81. The molecule has 0 aromatic rings. The van der Waals surface area contributed by atoms with Crippen molar-refractivity contribution in [3.63, 3.8) is 0 Å². The van der Waals surface area contributed by atoms with Crippen molar-refractivity contribution in [2.45, 2.75) is 83.6 Å². The molecule has 0 bridgehead atoms. The van der Waals surface area contributed by atoms with E-state index in [1.54, 1.807) is 0 Å². The largest absolute Gasteiger partial charge is 0.309 e. The van der Waals surface area contributed by atoms with Gasteiger partial charge in [-0.1, -0.05) is 39.0 Å². The monoisotopic (exact) mass is 350 g/mol. The van der Waals surface area contributed by atoms with E-state index < -0.39 is 0 Å². The first kappa shape index (κ1) is 18.8. The lowest BCUT2D eigenvalue weighted by molar-refractivity contribution is 0.421. The molecule has 3 rings (SSSR count). The maximum atomic E-state index is 8.78. The van der Waals surface area contributed by atoms with Crippen LogP contribution in [0.4, 0.5) is 0 Å². The van der Waals surface area contributed by atoms with Gasteiger partial charge in [-0.2, -0.15) is 11.8 Å². The Labute approximate surface area is 153 Å². The Morgan fingerprint density at radius 2 is 1.92 bits per heavy atom. The first-order valence-electron chi connectivity index (χ1n) is 10.7. The zero-order valence-corrected chi connectivity index (χ0v) is 16.5. The van der Waals surface area contributed by atoms with Crippen LogP contribution in [-0.2, 0) is 0 Å². The molecule has 2 saturated carbocycles. The Balaban J connectivity index is 1.41. The fraction of sp³-hybridized carbons (Fsp3) is 0.952. The van der Waals surface area contributed by atoms with E-state index in [0.29, 0.717) is 12.0 Å². The molecular formula is C21H38N2S. The predicted octanol–water partition coefficient (Wildman–Crippen LogP) is 5.51. The summed E-state index contributed by atoms with van der Waals surface area (Å²) in [5.74, 6) is 6.20. The normalized spacial score (nSPS) is 28.7. The van der Waals surface area contributed by atoms with E-state index in [1.807, 2.05) is 0 Å². The molecule has 2 nitrogen and oxygen atoms in total. The summed E-state index contributed by atoms with van der Waals surface area (Å²) in [6.45, 7) is 3.42. The third-order valence-electron chi connectivity index (χ3n) is 6.41. The third-order valence-corrected chi connectivity index (χ3v) is 7.46. The summed E-state index contributed by atoms with van der Waals surface area (Å²) in [4.78, 5) is 0. The molecule has 1 aliphatic heterocycles. The average molecular weight is 351 g/mol. The molecule has 0 aromatic carbocycles. The van der Waals surface area contributed by atoms with Gasteiger partial charge in [-0.05, 0) is 74.3 Å². The first-order chi connectivity index (χ1) is 11.8. The minimum absolute atomic E-state index is 0.382. The van der Waals surface area contributed by atoms with E-state index >= 15 is 0 Å². The highest BCUT2D eigenvalue weighted by Crippen LogP contribution is 2.46. The van der Waals surface area contributed by atoms with Crippen molar-refractivity contribution in [2.75, 3.05) is 18.1 Å². The van der Waals surface area contributed by atoms with Gasteiger partial charge in [0.25, 0.3) is 0 Å². The summed E-state index contributed by atoms with van der Waals surface area (Å²) < 4.78 is 0. The number of nitrogens with one attached hydrogen (secondary N) is 2. The molecule has 3 fully saturated rings. The lowest BCUT2D eigenvalue weighted by Gasteiger charge is -2.23. The van der Waals surface area contributed by atoms with Crippen LogP contribution in [0.25, 0.3) is 0 Å². The van der Waals surface area contributed by atoms with Gasteiger partial charge in [0.1, 0.15) is 0 Å². The molecular weight excluding hydrogens is 312 g/mol. The first-order valence-corrected chi connectivity index (χ1v) is 11.8. The SMILES string of the molecule is CCCCCC(NCCC1CC1)C(=N)C1CC1CC1CCSCC1. The van der Waals surface area contributed by atoms with E-state index in [0.717, 1.165) is 30.0 Å². The predicted molar refractivity (Wildman–Crippen MR) is 107 cm³/mol. The topological polar surface area (TPSA) is 35.9 Å². The second-order valence-electron chi connectivity index (χ2n) is 8.58. The highest BCUT2D eigenvalue weighted by molar-refractivity contribution is 7.99. The highest BCUT2D eigenvalue weighted by atomic mass is 32.2. The summed E-state index contributed by atoms with van der Waals surface area (Å²) in [5, 5.41) is 12.5. The van der Waals surface area contributed by atoms with Gasteiger partial charge in [0.2, 0.25) is 0 Å². The molecule has 3 aliphatic rings. The molecule has 2 aliphatic carbocycles. The van der Waals surface area contributed by atoms with E-state index in [9.17, 15) is 0 Å². The Kier molecular flexibility index (Phi) is 7.52. The van der Waals surface area contributed by atoms with Crippen LogP contribution in [0.1, 0.15) is 77.6 Å². The van der Waals surface area contributed by atoms with Gasteiger partial charge in [-0.25, -0.2) is 0 Å². The molecule has 24 heavy (non-hydrogen) atoms. The van der Waals surface area contributed by atoms with Crippen LogP contribution in [0.3, 0.4) is 0 Å². The molecule has 0 amide bonds. The van der Waals surface area contributed by atoms with E-state index in [4.69, 9.17) is 5.41 Å². The summed E-state index contributed by atoms with van der Waals surface area (Å²) >= 11 is 2.13. The smallest absolute Gasteiger partial charge is 0.0451 e. The molecule has 3 atom stereocenters. The summed E-state index contributed by atoms with van der Waals surface area (Å²) in [6.07, 6.45) is 14.9. The third kappa shape index (κ3) is 6.05. The van der Waals surface area contributed by atoms with Gasteiger partial charge in [0, 0.05) is 17.7 Å². The number of thioether (sulfide) groups is 1. The molecule has 0 radical (unpaired) electrons. The van der Waals surface area contributed by atoms with Gasteiger partial charge >= 0.3 is 0 Å². The standard InChI is InChI=1S/C21H38N2S/c1-2-3-4-5-20(23-11-8-16-6-7-16)21(22)19-15-18(19)14-17-9-12-24-13-10-17/h16-20,22-23H,2-15H2,1H3. The lowest BCUT2D eigenvalue weighted by Crippen LogP contribution is -2.38. The van der Waals surface area contributed by atoms with Crippen LogP contribution < -0.4 is 5.32 Å². The number of hydrogen-bond acceptors (Lipinski definition) is 3. The van der Waals surface area contributed by atoms with Crippen molar-refractivity contribution in [1.82, 2.24) is 5.32 Å². The van der Waals surface area contributed by atoms with Crippen molar-refractivity contribution in [1.29, 1.82) is 5.41 Å². The molecule has 0 aromatic heterocycles. The van der Waals surface area contributed by atoms with Crippen molar-refractivity contribution in [3.05, 3.63) is 0 Å². The van der Waals surface area contributed by atoms with Crippen LogP contribution >= 0.6 is 11.8 Å². The minimum atomic E-state index is 0.382. The van der Waals surface area contributed by atoms with Crippen LogP contribution in [0, 0.1) is 29.1 Å². The van der Waals surface area contributed by atoms with Gasteiger partial charge < -0.3 is 10.7 Å². The van der Waals surface area contributed by atoms with Gasteiger partial charge in [-0.15, -0.1) is 0 Å². The summed E-state index contributed by atoms with van der Waals surface area (Å²) in [5.41, 5.74) is 1.07. The van der Waals surface area contributed by atoms with Crippen molar-refractivity contribution >= 4 is 17.5 Å². The zero-order chi connectivity index (χ0) is 16.8. The molecule has 3 unspecified atom stereocenters. The molecule has 3 heteroatoms. The number of hydrogen-bond donors (Lipinski definition) is 2. The van der Waals surface area contributed by atoms with Crippen molar-refractivity contribution < 1.29 is 0 Å². The molecule has 1 saturated heterocycles.